The lowest BCUT2D eigenvalue weighted by Crippen LogP contribution is -2.13. The van der Waals surface area contributed by atoms with Crippen molar-refractivity contribution in [2.45, 2.75) is 44.0 Å². The molecule has 2 unspecified atom stereocenters. The molecule has 1 saturated heterocycles. The van der Waals surface area contributed by atoms with E-state index in [1.54, 1.807) is 0 Å². The minimum Gasteiger partial charge on any atom is -0.377 e. The van der Waals surface area contributed by atoms with E-state index in [2.05, 4.69) is 34.6 Å². The molecule has 1 fully saturated rings. The topological polar surface area (TPSA) is 9.23 Å². The maximum Gasteiger partial charge on any atom is 0.0666 e. The predicted octanol–water partition coefficient (Wildman–Crippen LogP) is 3.46. The Hall–Kier alpha value is 0.790. The lowest BCUT2D eigenvalue weighted by atomic mass is 10.3. The van der Waals surface area contributed by atoms with E-state index in [1.807, 2.05) is 0 Å². The largest absolute Gasteiger partial charge is 0.377 e. The van der Waals surface area contributed by atoms with E-state index < -0.39 is 0 Å². The summed E-state index contributed by atoms with van der Waals surface area (Å²) in [6, 6.07) is 0. The number of halogens is 1. The Morgan fingerprint density at radius 2 is 2.23 bits per heavy atom. The second-order valence-corrected chi connectivity index (χ2v) is 5.66. The van der Waals surface area contributed by atoms with E-state index in [4.69, 9.17) is 4.74 Å². The van der Waals surface area contributed by atoms with Gasteiger partial charge in [0, 0.05) is 17.2 Å². The molecule has 0 aromatic heterocycles. The van der Waals surface area contributed by atoms with Gasteiger partial charge in [-0.15, -0.1) is 0 Å². The summed E-state index contributed by atoms with van der Waals surface area (Å²) >= 11 is 5.55. The van der Waals surface area contributed by atoms with Crippen LogP contribution in [0.25, 0.3) is 0 Å². The first kappa shape index (κ1) is 11.9. The second-order valence-electron chi connectivity index (χ2n) is 3.52. The highest BCUT2D eigenvalue weighted by atomic mass is 79.9. The van der Waals surface area contributed by atoms with Crippen molar-refractivity contribution in [3.63, 3.8) is 0 Å². The van der Waals surface area contributed by atoms with Crippen LogP contribution in [0.5, 0.6) is 0 Å². The van der Waals surface area contributed by atoms with E-state index in [9.17, 15) is 0 Å². The number of hydrogen-bond donors (Lipinski definition) is 0. The standard InChI is InChI=1S/C10H19BrOS/c1-9-10(5-7-12-9)13-8-4-2-3-6-11/h9-10H,2-8H2,1H3. The van der Waals surface area contributed by atoms with Gasteiger partial charge in [0.1, 0.15) is 0 Å². The Morgan fingerprint density at radius 1 is 1.38 bits per heavy atom. The monoisotopic (exact) mass is 266 g/mol. The molecule has 1 aliphatic heterocycles. The van der Waals surface area contributed by atoms with Crippen LogP contribution >= 0.6 is 27.7 Å². The van der Waals surface area contributed by atoms with Gasteiger partial charge in [-0.3, -0.25) is 0 Å². The van der Waals surface area contributed by atoms with Gasteiger partial charge in [0.15, 0.2) is 0 Å². The Morgan fingerprint density at radius 3 is 2.85 bits per heavy atom. The van der Waals surface area contributed by atoms with Crippen LogP contribution in [0.4, 0.5) is 0 Å². The van der Waals surface area contributed by atoms with Crippen molar-refractivity contribution in [2.24, 2.45) is 0 Å². The number of alkyl halides is 1. The summed E-state index contributed by atoms with van der Waals surface area (Å²) in [5.41, 5.74) is 0. The molecule has 0 N–H and O–H groups in total. The predicted molar refractivity (Wildman–Crippen MR) is 63.9 cm³/mol. The molecule has 1 rings (SSSR count). The molecule has 1 heterocycles. The molecular formula is C10H19BrOS. The molecule has 0 aromatic rings. The van der Waals surface area contributed by atoms with Gasteiger partial charge < -0.3 is 4.74 Å². The van der Waals surface area contributed by atoms with Gasteiger partial charge in [-0.05, 0) is 31.9 Å². The maximum atomic E-state index is 5.52. The highest BCUT2D eigenvalue weighted by Gasteiger charge is 2.23. The molecular weight excluding hydrogens is 248 g/mol. The zero-order valence-corrected chi connectivity index (χ0v) is 10.7. The molecule has 13 heavy (non-hydrogen) atoms. The van der Waals surface area contributed by atoms with Crippen LogP contribution in [0, 0.1) is 0 Å². The minimum absolute atomic E-state index is 0.487. The van der Waals surface area contributed by atoms with Gasteiger partial charge in [0.2, 0.25) is 0 Å². The van der Waals surface area contributed by atoms with Gasteiger partial charge in [0.05, 0.1) is 6.10 Å². The molecule has 2 atom stereocenters. The van der Waals surface area contributed by atoms with Gasteiger partial charge in [-0.25, -0.2) is 0 Å². The zero-order valence-electron chi connectivity index (χ0n) is 8.30. The normalized spacial score (nSPS) is 28.2. The lowest BCUT2D eigenvalue weighted by Gasteiger charge is -2.12. The first-order chi connectivity index (χ1) is 6.34. The molecule has 0 aliphatic carbocycles. The third kappa shape index (κ3) is 4.71. The second kappa shape index (κ2) is 7.13. The lowest BCUT2D eigenvalue weighted by molar-refractivity contribution is 0.127. The van der Waals surface area contributed by atoms with E-state index in [-0.39, 0.29) is 0 Å². The molecule has 3 heteroatoms. The zero-order chi connectivity index (χ0) is 9.52. The minimum atomic E-state index is 0.487. The van der Waals surface area contributed by atoms with Crippen molar-refractivity contribution in [1.29, 1.82) is 0 Å². The molecule has 1 aliphatic rings. The summed E-state index contributed by atoms with van der Waals surface area (Å²) in [7, 11) is 0. The Bertz CT molecular complexity index is 132. The number of unbranched alkanes of at least 4 members (excludes halogenated alkanes) is 2. The number of hydrogen-bond acceptors (Lipinski definition) is 2. The molecule has 0 aromatic carbocycles. The van der Waals surface area contributed by atoms with Crippen molar-refractivity contribution in [3.8, 4) is 0 Å². The van der Waals surface area contributed by atoms with Crippen LogP contribution in [0.2, 0.25) is 0 Å². The number of thioether (sulfide) groups is 1. The molecule has 0 radical (unpaired) electrons. The molecule has 0 spiro atoms. The Kier molecular flexibility index (Phi) is 6.51. The van der Waals surface area contributed by atoms with Crippen LogP contribution in [0.15, 0.2) is 0 Å². The molecule has 0 bridgehead atoms. The highest BCUT2D eigenvalue weighted by molar-refractivity contribution is 9.09. The molecule has 1 nitrogen and oxygen atoms in total. The summed E-state index contributed by atoms with van der Waals surface area (Å²) in [5, 5.41) is 1.92. The molecule has 0 amide bonds. The van der Waals surface area contributed by atoms with Gasteiger partial charge >= 0.3 is 0 Å². The molecule has 0 saturated carbocycles. The van der Waals surface area contributed by atoms with Crippen LogP contribution < -0.4 is 0 Å². The van der Waals surface area contributed by atoms with Crippen LogP contribution in [-0.4, -0.2) is 29.0 Å². The third-order valence-electron chi connectivity index (χ3n) is 2.42. The third-order valence-corrected chi connectivity index (χ3v) is 4.55. The van der Waals surface area contributed by atoms with Gasteiger partial charge in [-0.2, -0.15) is 11.8 Å². The summed E-state index contributed by atoms with van der Waals surface area (Å²) < 4.78 is 5.52. The van der Waals surface area contributed by atoms with Crippen LogP contribution in [0.1, 0.15) is 32.6 Å². The summed E-state index contributed by atoms with van der Waals surface area (Å²) in [4.78, 5) is 0. The fraction of sp³-hybridized carbons (Fsp3) is 1.00. The number of rotatable bonds is 6. The van der Waals surface area contributed by atoms with Crippen LogP contribution in [-0.2, 0) is 4.74 Å². The quantitative estimate of drug-likeness (QED) is 0.538. The fourth-order valence-corrected chi connectivity index (χ4v) is 3.22. The average molecular weight is 267 g/mol. The van der Waals surface area contributed by atoms with Gasteiger partial charge in [0.25, 0.3) is 0 Å². The average Bonchev–Trinajstić information content (AvgIpc) is 2.52. The summed E-state index contributed by atoms with van der Waals surface area (Å²) in [5.74, 6) is 1.31. The Balaban J connectivity index is 1.93. The van der Waals surface area contributed by atoms with Crippen molar-refractivity contribution >= 4 is 27.7 Å². The van der Waals surface area contributed by atoms with Gasteiger partial charge in [-0.1, -0.05) is 22.4 Å². The van der Waals surface area contributed by atoms with Crippen LogP contribution in [0.3, 0.4) is 0 Å². The van der Waals surface area contributed by atoms with Crippen molar-refractivity contribution in [1.82, 2.24) is 0 Å². The fourth-order valence-electron chi connectivity index (χ4n) is 1.54. The van der Waals surface area contributed by atoms with Crippen molar-refractivity contribution in [3.05, 3.63) is 0 Å². The van der Waals surface area contributed by atoms with Crippen molar-refractivity contribution < 1.29 is 4.74 Å². The van der Waals surface area contributed by atoms with E-state index in [1.165, 1.54) is 31.4 Å². The first-order valence-corrected chi connectivity index (χ1v) is 7.31. The number of ether oxygens (including phenoxy) is 1. The van der Waals surface area contributed by atoms with E-state index >= 15 is 0 Å². The maximum absolute atomic E-state index is 5.52. The Labute approximate surface area is 94.1 Å². The summed E-state index contributed by atoms with van der Waals surface area (Å²) in [6.07, 6.45) is 5.78. The SMILES string of the molecule is CC1OCCC1SCCCCCBr. The highest BCUT2D eigenvalue weighted by Crippen LogP contribution is 2.26. The smallest absolute Gasteiger partial charge is 0.0666 e. The first-order valence-electron chi connectivity index (χ1n) is 5.13. The van der Waals surface area contributed by atoms with Crippen molar-refractivity contribution in [2.75, 3.05) is 17.7 Å². The summed E-state index contributed by atoms with van der Waals surface area (Å²) in [6.45, 7) is 3.17. The molecule has 78 valence electrons. The van der Waals surface area contributed by atoms with E-state index in [0.717, 1.165) is 17.2 Å². The van der Waals surface area contributed by atoms with E-state index in [0.29, 0.717) is 6.10 Å².